The maximum atomic E-state index is 13.9. The van der Waals surface area contributed by atoms with Crippen LogP contribution in [-0.4, -0.2) is 6.08 Å². The van der Waals surface area contributed by atoms with Gasteiger partial charge in [-0.05, 0) is 18.9 Å². The van der Waals surface area contributed by atoms with Crippen LogP contribution in [0.15, 0.2) is 11.1 Å². The highest BCUT2D eigenvalue weighted by molar-refractivity contribution is 6.31. The standard InChI is InChI=1S/C12H9ClF3NO/c13-9-10(15)7(5-8(14)11(9)16)12(17-6-18)3-1-2-4-12/h5H,1-4H2. The molecule has 1 aromatic rings. The van der Waals surface area contributed by atoms with Crippen LogP contribution in [0.2, 0.25) is 5.02 Å². The Balaban J connectivity index is 2.66. The number of hydrogen-bond donors (Lipinski definition) is 0. The molecular weight excluding hydrogens is 267 g/mol. The zero-order valence-electron chi connectivity index (χ0n) is 9.27. The van der Waals surface area contributed by atoms with Gasteiger partial charge in [-0.15, -0.1) is 0 Å². The van der Waals surface area contributed by atoms with E-state index < -0.39 is 28.0 Å². The Morgan fingerprint density at radius 2 is 1.83 bits per heavy atom. The summed E-state index contributed by atoms with van der Waals surface area (Å²) in [5.41, 5.74) is -1.34. The predicted molar refractivity (Wildman–Crippen MR) is 59.6 cm³/mol. The van der Waals surface area contributed by atoms with E-state index in [0.717, 1.165) is 18.9 Å². The lowest BCUT2D eigenvalue weighted by molar-refractivity contribution is 0.416. The minimum absolute atomic E-state index is 0.174. The molecule has 18 heavy (non-hydrogen) atoms. The summed E-state index contributed by atoms with van der Waals surface area (Å²) in [6, 6.07) is 0.725. The lowest BCUT2D eigenvalue weighted by atomic mass is 9.88. The highest BCUT2D eigenvalue weighted by atomic mass is 35.5. The van der Waals surface area contributed by atoms with Crippen molar-refractivity contribution in [2.75, 3.05) is 0 Å². The molecule has 2 rings (SSSR count). The first-order chi connectivity index (χ1) is 8.52. The summed E-state index contributed by atoms with van der Waals surface area (Å²) in [5, 5.41) is -0.905. The average Bonchev–Trinajstić information content (AvgIpc) is 2.81. The largest absolute Gasteiger partial charge is 0.235 e. The van der Waals surface area contributed by atoms with E-state index in [9.17, 15) is 18.0 Å². The van der Waals surface area contributed by atoms with Crippen LogP contribution in [0.4, 0.5) is 13.2 Å². The summed E-state index contributed by atoms with van der Waals surface area (Å²) < 4.78 is 40.4. The van der Waals surface area contributed by atoms with Crippen molar-refractivity contribution in [2.24, 2.45) is 4.99 Å². The summed E-state index contributed by atoms with van der Waals surface area (Å²) in [6.45, 7) is 0. The predicted octanol–water partition coefficient (Wildman–Crippen LogP) is 3.86. The molecule has 1 aliphatic rings. The molecule has 6 heteroatoms. The van der Waals surface area contributed by atoms with Crippen LogP contribution in [0, 0.1) is 17.5 Å². The van der Waals surface area contributed by atoms with Crippen molar-refractivity contribution in [2.45, 2.75) is 31.2 Å². The SMILES string of the molecule is O=C=NC1(c2cc(F)c(F)c(Cl)c2F)CCCC1. The summed E-state index contributed by atoms with van der Waals surface area (Å²) in [6.07, 6.45) is 3.60. The minimum atomic E-state index is -1.43. The highest BCUT2D eigenvalue weighted by Crippen LogP contribution is 2.44. The first kappa shape index (κ1) is 13.1. The van der Waals surface area contributed by atoms with Gasteiger partial charge in [0.05, 0.1) is 0 Å². The van der Waals surface area contributed by atoms with Gasteiger partial charge in [-0.1, -0.05) is 24.4 Å². The Morgan fingerprint density at radius 1 is 1.22 bits per heavy atom. The van der Waals surface area contributed by atoms with Crippen LogP contribution < -0.4 is 0 Å². The number of nitrogens with zero attached hydrogens (tertiary/aromatic N) is 1. The number of rotatable bonds is 2. The lowest BCUT2D eigenvalue weighted by Gasteiger charge is -2.23. The highest BCUT2D eigenvalue weighted by Gasteiger charge is 2.39. The molecule has 1 aromatic carbocycles. The molecule has 0 saturated heterocycles. The van der Waals surface area contributed by atoms with E-state index in [2.05, 4.69) is 4.99 Å². The molecular formula is C12H9ClF3NO. The smallest absolute Gasteiger partial charge is 0.211 e. The van der Waals surface area contributed by atoms with E-state index in [4.69, 9.17) is 11.6 Å². The molecule has 0 spiro atoms. The minimum Gasteiger partial charge on any atom is -0.211 e. The zero-order valence-corrected chi connectivity index (χ0v) is 10.0. The van der Waals surface area contributed by atoms with Crippen molar-refractivity contribution in [1.82, 2.24) is 0 Å². The first-order valence-electron chi connectivity index (χ1n) is 5.44. The van der Waals surface area contributed by atoms with Crippen LogP contribution >= 0.6 is 11.6 Å². The van der Waals surface area contributed by atoms with Crippen LogP contribution in [0.5, 0.6) is 0 Å². The van der Waals surface area contributed by atoms with Crippen molar-refractivity contribution >= 4 is 17.7 Å². The second kappa shape index (κ2) is 4.75. The topological polar surface area (TPSA) is 29.4 Å². The van der Waals surface area contributed by atoms with Gasteiger partial charge in [-0.25, -0.2) is 18.0 Å². The fourth-order valence-electron chi connectivity index (χ4n) is 2.40. The van der Waals surface area contributed by atoms with Crippen molar-refractivity contribution in [3.8, 4) is 0 Å². The van der Waals surface area contributed by atoms with Crippen LogP contribution in [0.3, 0.4) is 0 Å². The maximum absolute atomic E-state index is 13.9. The van der Waals surface area contributed by atoms with Gasteiger partial charge in [0.25, 0.3) is 0 Å². The molecule has 0 aromatic heterocycles. The van der Waals surface area contributed by atoms with Crippen LogP contribution in [0.25, 0.3) is 0 Å². The Bertz CT molecular complexity index is 535. The molecule has 0 amide bonds. The van der Waals surface area contributed by atoms with Gasteiger partial charge < -0.3 is 0 Å². The van der Waals surface area contributed by atoms with Gasteiger partial charge in [-0.2, -0.15) is 4.99 Å². The normalized spacial score (nSPS) is 17.6. The Kier molecular flexibility index (Phi) is 3.46. The van der Waals surface area contributed by atoms with Crippen molar-refractivity contribution in [1.29, 1.82) is 0 Å². The van der Waals surface area contributed by atoms with Gasteiger partial charge >= 0.3 is 0 Å². The lowest BCUT2D eigenvalue weighted by Crippen LogP contribution is -2.21. The van der Waals surface area contributed by atoms with Gasteiger partial charge in [-0.3, -0.25) is 0 Å². The first-order valence-corrected chi connectivity index (χ1v) is 5.82. The van der Waals surface area contributed by atoms with Gasteiger partial charge in [0.15, 0.2) is 17.5 Å². The Hall–Kier alpha value is -1.32. The third kappa shape index (κ3) is 1.93. The number of isocyanates is 1. The molecule has 2 nitrogen and oxygen atoms in total. The molecule has 0 N–H and O–H groups in total. The van der Waals surface area contributed by atoms with Crippen LogP contribution in [0.1, 0.15) is 31.2 Å². The van der Waals surface area contributed by atoms with Gasteiger partial charge in [0.1, 0.15) is 10.6 Å². The second-order valence-electron chi connectivity index (χ2n) is 4.29. The Morgan fingerprint density at radius 3 is 2.39 bits per heavy atom. The fraction of sp³-hybridized carbons (Fsp3) is 0.417. The summed E-state index contributed by atoms with van der Waals surface area (Å²) in [4.78, 5) is 14.1. The molecule has 1 saturated carbocycles. The van der Waals surface area contributed by atoms with Gasteiger partial charge in [0, 0.05) is 5.56 Å². The molecule has 96 valence electrons. The molecule has 0 aliphatic heterocycles. The van der Waals surface area contributed by atoms with E-state index in [-0.39, 0.29) is 5.56 Å². The summed E-state index contributed by atoms with van der Waals surface area (Å²) >= 11 is 5.40. The number of carbonyl (C=O) groups excluding carboxylic acids is 1. The second-order valence-corrected chi connectivity index (χ2v) is 4.67. The van der Waals surface area contributed by atoms with E-state index in [1.165, 1.54) is 6.08 Å². The van der Waals surface area contributed by atoms with Crippen molar-refractivity contribution in [3.05, 3.63) is 34.1 Å². The van der Waals surface area contributed by atoms with Crippen molar-refractivity contribution < 1.29 is 18.0 Å². The summed E-state index contributed by atoms with van der Waals surface area (Å²) in [5.74, 6) is -3.73. The molecule has 0 heterocycles. The van der Waals surface area contributed by atoms with E-state index in [1.54, 1.807) is 0 Å². The van der Waals surface area contributed by atoms with Crippen LogP contribution in [-0.2, 0) is 10.3 Å². The van der Waals surface area contributed by atoms with Crippen molar-refractivity contribution in [3.63, 3.8) is 0 Å². The van der Waals surface area contributed by atoms with E-state index >= 15 is 0 Å². The molecule has 1 fully saturated rings. The Labute approximate surface area is 106 Å². The fourth-order valence-corrected chi connectivity index (χ4v) is 2.59. The number of halogens is 4. The van der Waals surface area contributed by atoms with Gasteiger partial charge in [0.2, 0.25) is 6.08 Å². The third-order valence-electron chi connectivity index (χ3n) is 3.29. The number of benzene rings is 1. The molecule has 1 aliphatic carbocycles. The monoisotopic (exact) mass is 275 g/mol. The number of hydrogen-bond acceptors (Lipinski definition) is 2. The summed E-state index contributed by atoms with van der Waals surface area (Å²) in [7, 11) is 0. The molecule has 0 atom stereocenters. The number of aliphatic imine (C=N–C) groups is 1. The molecule has 0 radical (unpaired) electrons. The molecule has 0 bridgehead atoms. The quantitative estimate of drug-likeness (QED) is 0.349. The van der Waals surface area contributed by atoms with E-state index in [1.807, 2.05) is 0 Å². The molecule has 0 unspecified atom stereocenters. The zero-order chi connectivity index (χ0) is 13.3. The average molecular weight is 276 g/mol. The maximum Gasteiger partial charge on any atom is 0.235 e. The van der Waals surface area contributed by atoms with E-state index in [0.29, 0.717) is 12.8 Å². The third-order valence-corrected chi connectivity index (χ3v) is 3.63.